The van der Waals surface area contributed by atoms with Gasteiger partial charge in [-0.1, -0.05) is 11.6 Å². The van der Waals surface area contributed by atoms with Gasteiger partial charge in [0.25, 0.3) is 0 Å². The van der Waals surface area contributed by atoms with Crippen LogP contribution in [0.5, 0.6) is 11.5 Å². The van der Waals surface area contributed by atoms with Crippen molar-refractivity contribution in [3.63, 3.8) is 0 Å². The number of carbonyl (C=O) groups is 1. The van der Waals surface area contributed by atoms with Gasteiger partial charge in [0.05, 0.1) is 18.7 Å². The van der Waals surface area contributed by atoms with Crippen molar-refractivity contribution in [2.75, 3.05) is 40.9 Å². The first-order chi connectivity index (χ1) is 11.0. The molecule has 5 nitrogen and oxygen atoms in total. The Bertz CT molecular complexity index is 545. The van der Waals surface area contributed by atoms with Gasteiger partial charge in [0.1, 0.15) is 0 Å². The van der Waals surface area contributed by atoms with Crippen molar-refractivity contribution in [1.29, 1.82) is 0 Å². The third-order valence-corrected chi connectivity index (χ3v) is 3.33. The summed E-state index contributed by atoms with van der Waals surface area (Å²) in [6.07, 6.45) is 4.10. The Kier molecular flexibility index (Phi) is 8.51. The predicted octanol–water partition coefficient (Wildman–Crippen LogP) is 2.83. The maximum atomic E-state index is 11.8. The summed E-state index contributed by atoms with van der Waals surface area (Å²) in [5.41, 5.74) is 0.777. The number of amides is 1. The molecule has 23 heavy (non-hydrogen) atoms. The fourth-order valence-corrected chi connectivity index (χ4v) is 2.23. The lowest BCUT2D eigenvalue weighted by atomic mass is 10.2. The number of hydrogen-bond acceptors (Lipinski definition) is 4. The second kappa shape index (κ2) is 10.1. The van der Waals surface area contributed by atoms with Crippen LogP contribution in [0.2, 0.25) is 5.02 Å². The molecule has 0 heterocycles. The first-order valence-corrected chi connectivity index (χ1v) is 7.96. The number of nitrogens with zero attached hydrogens (tertiary/aromatic N) is 1. The maximum Gasteiger partial charge on any atom is 0.243 e. The van der Waals surface area contributed by atoms with Crippen LogP contribution >= 0.6 is 11.6 Å². The highest BCUT2D eigenvalue weighted by Crippen LogP contribution is 2.36. The molecule has 0 aliphatic rings. The lowest BCUT2D eigenvalue weighted by molar-refractivity contribution is -0.116. The van der Waals surface area contributed by atoms with Crippen LogP contribution in [-0.4, -0.2) is 51.7 Å². The van der Waals surface area contributed by atoms with Crippen molar-refractivity contribution in [3.05, 3.63) is 28.8 Å². The van der Waals surface area contributed by atoms with Gasteiger partial charge >= 0.3 is 0 Å². The van der Waals surface area contributed by atoms with E-state index < -0.39 is 0 Å². The van der Waals surface area contributed by atoms with Gasteiger partial charge in [-0.25, -0.2) is 0 Å². The first kappa shape index (κ1) is 19.3. The predicted molar refractivity (Wildman–Crippen MR) is 94.4 cm³/mol. The Hall–Kier alpha value is -1.72. The molecule has 1 aromatic rings. The Morgan fingerprint density at radius 3 is 2.74 bits per heavy atom. The molecule has 0 fully saturated rings. The number of methoxy groups -OCH3 is 1. The van der Waals surface area contributed by atoms with Crippen molar-refractivity contribution >= 4 is 23.6 Å². The second-order valence-electron chi connectivity index (χ2n) is 5.25. The molecule has 0 radical (unpaired) electrons. The van der Waals surface area contributed by atoms with E-state index in [9.17, 15) is 4.79 Å². The Labute approximate surface area is 143 Å². The second-order valence-corrected chi connectivity index (χ2v) is 5.66. The molecule has 1 rings (SSSR count). The Morgan fingerprint density at radius 1 is 1.39 bits per heavy atom. The minimum atomic E-state index is -0.132. The number of halogens is 1. The van der Waals surface area contributed by atoms with E-state index in [4.69, 9.17) is 21.1 Å². The van der Waals surface area contributed by atoms with Gasteiger partial charge in [0, 0.05) is 12.6 Å². The van der Waals surface area contributed by atoms with Crippen LogP contribution in [0.1, 0.15) is 18.9 Å². The van der Waals surface area contributed by atoms with E-state index >= 15 is 0 Å². The van der Waals surface area contributed by atoms with E-state index in [0.29, 0.717) is 29.7 Å². The molecule has 0 aliphatic heterocycles. The smallest absolute Gasteiger partial charge is 0.243 e. The normalized spacial score (nSPS) is 11.0. The molecule has 1 aromatic carbocycles. The van der Waals surface area contributed by atoms with Gasteiger partial charge in [-0.3, -0.25) is 4.79 Å². The van der Waals surface area contributed by atoms with E-state index in [-0.39, 0.29) is 5.91 Å². The van der Waals surface area contributed by atoms with Crippen molar-refractivity contribution in [2.45, 2.75) is 13.3 Å². The minimum Gasteiger partial charge on any atom is -0.493 e. The molecule has 1 amide bonds. The zero-order valence-electron chi connectivity index (χ0n) is 14.2. The third-order valence-electron chi connectivity index (χ3n) is 3.05. The zero-order chi connectivity index (χ0) is 17.2. The molecule has 0 saturated carbocycles. The summed E-state index contributed by atoms with van der Waals surface area (Å²) >= 11 is 6.20. The molecule has 128 valence electrons. The lowest BCUT2D eigenvalue weighted by Gasteiger charge is -2.12. The fraction of sp³-hybridized carbons (Fsp3) is 0.471. The monoisotopic (exact) mass is 340 g/mol. The van der Waals surface area contributed by atoms with Crippen LogP contribution < -0.4 is 14.8 Å². The van der Waals surface area contributed by atoms with Crippen LogP contribution in [0, 0.1) is 0 Å². The quantitative estimate of drug-likeness (QED) is 0.555. The van der Waals surface area contributed by atoms with Gasteiger partial charge in [-0.15, -0.1) is 0 Å². The number of nitrogens with one attached hydrogen (secondary N) is 1. The number of hydrogen-bond donors (Lipinski definition) is 1. The molecule has 0 spiro atoms. The molecule has 0 aliphatic carbocycles. The molecule has 0 saturated heterocycles. The highest BCUT2D eigenvalue weighted by atomic mass is 35.5. The van der Waals surface area contributed by atoms with Gasteiger partial charge in [-0.2, -0.15) is 0 Å². The van der Waals surface area contributed by atoms with E-state index in [2.05, 4.69) is 10.2 Å². The first-order valence-electron chi connectivity index (χ1n) is 7.58. The highest BCUT2D eigenvalue weighted by molar-refractivity contribution is 6.32. The number of rotatable bonds is 9. The van der Waals surface area contributed by atoms with Gasteiger partial charge in [0.2, 0.25) is 5.91 Å². The standard InChI is InChI=1S/C17H25ClN2O3/c1-5-23-17-14(18)11-13(12-15(17)22-4)7-8-16(21)19-9-6-10-20(2)3/h7-8,11-12H,5-6,9-10H2,1-4H3,(H,19,21). The molecular formula is C17H25ClN2O3. The van der Waals surface area contributed by atoms with Crippen LogP contribution in [-0.2, 0) is 4.79 Å². The molecule has 0 bridgehead atoms. The molecule has 6 heteroatoms. The molecule has 0 aromatic heterocycles. The van der Waals surface area contributed by atoms with Gasteiger partial charge < -0.3 is 19.7 Å². The molecule has 0 atom stereocenters. The van der Waals surface area contributed by atoms with Crippen LogP contribution in [0.3, 0.4) is 0 Å². The topological polar surface area (TPSA) is 50.8 Å². The fourth-order valence-electron chi connectivity index (χ4n) is 1.96. The SMILES string of the molecule is CCOc1c(Cl)cc(C=CC(=O)NCCCN(C)C)cc1OC. The largest absolute Gasteiger partial charge is 0.493 e. The molecule has 0 unspecified atom stereocenters. The lowest BCUT2D eigenvalue weighted by Crippen LogP contribution is -2.25. The van der Waals surface area contributed by atoms with Crippen molar-refractivity contribution in [2.24, 2.45) is 0 Å². The summed E-state index contributed by atoms with van der Waals surface area (Å²) in [6.45, 7) is 3.97. The molecule has 1 N–H and O–H groups in total. The maximum absolute atomic E-state index is 11.8. The van der Waals surface area contributed by atoms with E-state index in [1.165, 1.54) is 6.08 Å². The summed E-state index contributed by atoms with van der Waals surface area (Å²) in [5, 5.41) is 3.30. The zero-order valence-corrected chi connectivity index (χ0v) is 14.9. The average molecular weight is 341 g/mol. The molecular weight excluding hydrogens is 316 g/mol. The average Bonchev–Trinajstić information content (AvgIpc) is 2.51. The van der Waals surface area contributed by atoms with Crippen LogP contribution in [0.25, 0.3) is 6.08 Å². The minimum absolute atomic E-state index is 0.132. The Balaban J connectivity index is 2.65. The van der Waals surface area contributed by atoms with Gasteiger partial charge in [-0.05, 0) is 57.8 Å². The summed E-state index contributed by atoms with van der Waals surface area (Å²) in [4.78, 5) is 13.8. The van der Waals surface area contributed by atoms with Crippen LogP contribution in [0.15, 0.2) is 18.2 Å². The summed E-state index contributed by atoms with van der Waals surface area (Å²) < 4.78 is 10.7. The Morgan fingerprint density at radius 2 is 2.13 bits per heavy atom. The van der Waals surface area contributed by atoms with Crippen molar-refractivity contribution in [1.82, 2.24) is 10.2 Å². The highest BCUT2D eigenvalue weighted by Gasteiger charge is 2.10. The number of benzene rings is 1. The summed E-state index contributed by atoms with van der Waals surface area (Å²) in [7, 11) is 5.56. The van der Waals surface area contributed by atoms with Gasteiger partial charge in [0.15, 0.2) is 11.5 Å². The summed E-state index contributed by atoms with van der Waals surface area (Å²) in [6, 6.07) is 3.53. The van der Waals surface area contributed by atoms with Crippen LogP contribution in [0.4, 0.5) is 0 Å². The number of carbonyl (C=O) groups excluding carboxylic acids is 1. The number of ether oxygens (including phenoxy) is 2. The van der Waals surface area contributed by atoms with E-state index in [1.807, 2.05) is 21.0 Å². The van der Waals surface area contributed by atoms with Crippen molar-refractivity contribution < 1.29 is 14.3 Å². The van der Waals surface area contributed by atoms with E-state index in [1.54, 1.807) is 25.3 Å². The summed E-state index contributed by atoms with van der Waals surface area (Å²) in [5.74, 6) is 0.931. The third kappa shape index (κ3) is 6.93. The van der Waals surface area contributed by atoms with Crippen molar-refractivity contribution in [3.8, 4) is 11.5 Å². The van der Waals surface area contributed by atoms with E-state index in [0.717, 1.165) is 18.5 Å².